The Kier molecular flexibility index (Phi) is 5.56. The molecule has 0 aliphatic carbocycles. The van der Waals surface area contributed by atoms with E-state index in [0.29, 0.717) is 25.5 Å². The highest BCUT2D eigenvalue weighted by molar-refractivity contribution is 7.90. The number of furan rings is 1. The first-order valence-corrected chi connectivity index (χ1v) is 8.00. The number of carbonyl (C=O) groups excluding carboxylic acids is 1. The zero-order valence-electron chi connectivity index (χ0n) is 11.4. The molecule has 0 atom stereocenters. The summed E-state index contributed by atoms with van der Waals surface area (Å²) in [5.41, 5.74) is 0. The summed E-state index contributed by atoms with van der Waals surface area (Å²) < 4.78 is 32.2. The molecule has 0 aromatic carbocycles. The highest BCUT2D eigenvalue weighted by Crippen LogP contribution is 2.11. The Bertz CT molecular complexity index is 520. The Morgan fingerprint density at radius 2 is 2.11 bits per heavy atom. The third kappa shape index (κ3) is 5.89. The van der Waals surface area contributed by atoms with Crippen LogP contribution in [-0.2, 0) is 21.1 Å². The summed E-state index contributed by atoms with van der Waals surface area (Å²) in [7, 11) is -1.18. The topological polar surface area (TPSA) is 76.8 Å². The zero-order chi connectivity index (χ0) is 14.5. The van der Waals surface area contributed by atoms with Gasteiger partial charge in [-0.1, -0.05) is 0 Å². The van der Waals surface area contributed by atoms with Crippen molar-refractivity contribution in [1.82, 2.24) is 4.90 Å². The molecule has 0 spiro atoms. The molecule has 1 heterocycles. The highest BCUT2D eigenvalue weighted by Gasteiger charge is 2.13. The summed E-state index contributed by atoms with van der Waals surface area (Å²) in [6, 6.07) is 3.24. The maximum absolute atomic E-state index is 11.4. The number of carbonyl (C=O) groups is 1. The molecule has 0 fully saturated rings. The van der Waals surface area contributed by atoms with E-state index in [9.17, 15) is 13.2 Å². The first-order chi connectivity index (χ1) is 8.81. The molecule has 0 saturated carbocycles. The normalized spacial score (nSPS) is 11.8. The fourth-order valence-electron chi connectivity index (χ4n) is 1.44. The van der Waals surface area contributed by atoms with Gasteiger partial charge in [0.2, 0.25) is 5.76 Å². The Morgan fingerprint density at radius 1 is 1.42 bits per heavy atom. The summed E-state index contributed by atoms with van der Waals surface area (Å²) in [4.78, 5) is 13.2. The minimum atomic E-state index is -2.97. The molecule has 1 rings (SSSR count). The second-order valence-corrected chi connectivity index (χ2v) is 6.61. The third-order valence-corrected chi connectivity index (χ3v) is 3.33. The summed E-state index contributed by atoms with van der Waals surface area (Å²) in [6.45, 7) is 2.87. The summed E-state index contributed by atoms with van der Waals surface area (Å²) >= 11 is 0. The van der Waals surface area contributed by atoms with E-state index in [2.05, 4.69) is 0 Å². The van der Waals surface area contributed by atoms with Crippen LogP contribution in [0.1, 0.15) is 23.2 Å². The summed E-state index contributed by atoms with van der Waals surface area (Å²) in [5.74, 6) is 0.356. The van der Waals surface area contributed by atoms with Crippen LogP contribution < -0.4 is 0 Å². The highest BCUT2D eigenvalue weighted by atomic mass is 32.2. The molecule has 0 aliphatic rings. The summed E-state index contributed by atoms with van der Waals surface area (Å²) in [6.07, 6.45) is 1.20. The lowest BCUT2D eigenvalue weighted by molar-refractivity contribution is 0.0486. The Morgan fingerprint density at radius 3 is 2.68 bits per heavy atom. The molecular formula is C12H19NO5S. The Balaban J connectivity index is 2.51. The van der Waals surface area contributed by atoms with Crippen LogP contribution in [-0.4, -0.2) is 51.5 Å². The number of nitrogens with zero attached hydrogens (tertiary/aromatic N) is 1. The van der Waals surface area contributed by atoms with Crippen molar-refractivity contribution in [2.45, 2.75) is 13.5 Å². The standard InChI is InChI=1S/C12H19NO5S/c1-4-17-12(14)11-6-5-10(18-11)9-13(2)7-8-19(3,15)16/h5-6H,4,7-9H2,1-3H3. The molecule has 19 heavy (non-hydrogen) atoms. The van der Waals surface area contributed by atoms with Crippen LogP contribution in [0, 0.1) is 0 Å². The third-order valence-electron chi connectivity index (χ3n) is 2.41. The van der Waals surface area contributed by atoms with Crippen LogP contribution in [0.3, 0.4) is 0 Å². The number of hydrogen-bond acceptors (Lipinski definition) is 6. The molecule has 1 aromatic rings. The lowest BCUT2D eigenvalue weighted by Crippen LogP contribution is -2.24. The largest absolute Gasteiger partial charge is 0.460 e. The Labute approximate surface area is 113 Å². The van der Waals surface area contributed by atoms with Gasteiger partial charge < -0.3 is 9.15 Å². The molecular weight excluding hydrogens is 270 g/mol. The molecule has 0 unspecified atom stereocenters. The van der Waals surface area contributed by atoms with E-state index in [1.54, 1.807) is 26.1 Å². The van der Waals surface area contributed by atoms with E-state index >= 15 is 0 Å². The van der Waals surface area contributed by atoms with Crippen molar-refractivity contribution in [1.29, 1.82) is 0 Å². The maximum atomic E-state index is 11.4. The van der Waals surface area contributed by atoms with Gasteiger partial charge in [0.05, 0.1) is 18.9 Å². The molecule has 7 heteroatoms. The molecule has 6 nitrogen and oxygen atoms in total. The number of rotatable bonds is 7. The van der Waals surface area contributed by atoms with Crippen molar-refractivity contribution in [2.75, 3.05) is 32.2 Å². The number of esters is 1. The molecule has 0 radical (unpaired) electrons. The van der Waals surface area contributed by atoms with Crippen LogP contribution in [0.2, 0.25) is 0 Å². The number of ether oxygens (including phenoxy) is 1. The molecule has 0 amide bonds. The molecule has 0 bridgehead atoms. The van der Waals surface area contributed by atoms with Gasteiger partial charge in [-0.05, 0) is 26.1 Å². The predicted molar refractivity (Wildman–Crippen MR) is 70.7 cm³/mol. The second kappa shape index (κ2) is 6.72. The minimum absolute atomic E-state index is 0.0922. The van der Waals surface area contributed by atoms with Crippen LogP contribution in [0.25, 0.3) is 0 Å². The smallest absolute Gasteiger partial charge is 0.374 e. The van der Waals surface area contributed by atoms with Crippen molar-refractivity contribution in [3.05, 3.63) is 23.7 Å². The van der Waals surface area contributed by atoms with E-state index in [-0.39, 0.29) is 11.5 Å². The average molecular weight is 289 g/mol. The lowest BCUT2D eigenvalue weighted by atomic mass is 10.4. The van der Waals surface area contributed by atoms with Crippen LogP contribution in [0.5, 0.6) is 0 Å². The van der Waals surface area contributed by atoms with E-state index in [4.69, 9.17) is 9.15 Å². The van der Waals surface area contributed by atoms with Gasteiger partial charge in [0, 0.05) is 12.8 Å². The number of hydrogen-bond donors (Lipinski definition) is 0. The Hall–Kier alpha value is -1.34. The molecule has 0 aliphatic heterocycles. The van der Waals surface area contributed by atoms with Crippen molar-refractivity contribution in [3.63, 3.8) is 0 Å². The van der Waals surface area contributed by atoms with Crippen molar-refractivity contribution in [3.8, 4) is 0 Å². The van der Waals surface area contributed by atoms with Gasteiger partial charge in [-0.2, -0.15) is 0 Å². The van der Waals surface area contributed by atoms with E-state index < -0.39 is 15.8 Å². The molecule has 108 valence electrons. The van der Waals surface area contributed by atoms with Crippen LogP contribution in [0.4, 0.5) is 0 Å². The maximum Gasteiger partial charge on any atom is 0.374 e. The SMILES string of the molecule is CCOC(=O)c1ccc(CN(C)CCS(C)(=O)=O)o1. The van der Waals surface area contributed by atoms with Gasteiger partial charge in [0.15, 0.2) is 0 Å². The van der Waals surface area contributed by atoms with Crippen LogP contribution >= 0.6 is 0 Å². The van der Waals surface area contributed by atoms with Gasteiger partial charge >= 0.3 is 5.97 Å². The lowest BCUT2D eigenvalue weighted by Gasteiger charge is -2.13. The summed E-state index contributed by atoms with van der Waals surface area (Å²) in [5, 5.41) is 0. The van der Waals surface area contributed by atoms with E-state index in [0.717, 1.165) is 0 Å². The molecule has 0 saturated heterocycles. The van der Waals surface area contributed by atoms with Gasteiger partial charge in [0.25, 0.3) is 0 Å². The second-order valence-electron chi connectivity index (χ2n) is 4.35. The quantitative estimate of drug-likeness (QED) is 0.695. The zero-order valence-corrected chi connectivity index (χ0v) is 12.2. The first-order valence-electron chi connectivity index (χ1n) is 5.94. The van der Waals surface area contributed by atoms with Gasteiger partial charge in [0.1, 0.15) is 15.6 Å². The monoisotopic (exact) mass is 289 g/mol. The molecule has 1 aromatic heterocycles. The van der Waals surface area contributed by atoms with Crippen molar-refractivity contribution in [2.24, 2.45) is 0 Å². The fraction of sp³-hybridized carbons (Fsp3) is 0.583. The van der Waals surface area contributed by atoms with E-state index in [1.807, 2.05) is 4.90 Å². The van der Waals surface area contributed by atoms with Crippen LogP contribution in [0.15, 0.2) is 16.5 Å². The first kappa shape index (κ1) is 15.7. The van der Waals surface area contributed by atoms with Gasteiger partial charge in [-0.15, -0.1) is 0 Å². The van der Waals surface area contributed by atoms with Gasteiger partial charge in [-0.25, -0.2) is 13.2 Å². The van der Waals surface area contributed by atoms with E-state index in [1.165, 1.54) is 6.26 Å². The predicted octanol–water partition coefficient (Wildman–Crippen LogP) is 0.933. The van der Waals surface area contributed by atoms with Crippen molar-refractivity contribution >= 4 is 15.8 Å². The van der Waals surface area contributed by atoms with Gasteiger partial charge in [-0.3, -0.25) is 4.90 Å². The average Bonchev–Trinajstić information content (AvgIpc) is 2.74. The fourth-order valence-corrected chi connectivity index (χ4v) is 2.08. The minimum Gasteiger partial charge on any atom is -0.460 e. The number of sulfone groups is 1. The molecule has 0 N–H and O–H groups in total. The van der Waals surface area contributed by atoms with Crippen molar-refractivity contribution < 1.29 is 22.4 Å².